The van der Waals surface area contributed by atoms with Gasteiger partial charge in [-0.05, 0) is 24.1 Å². The molecule has 0 radical (unpaired) electrons. The van der Waals surface area contributed by atoms with Crippen molar-refractivity contribution in [2.24, 2.45) is 0 Å². The minimum Gasteiger partial charge on any atom is -0.494 e. The van der Waals surface area contributed by atoms with Crippen LogP contribution in [0, 0.1) is 0 Å². The Bertz CT molecular complexity index is 884. The molecule has 0 atom stereocenters. The number of hydrogen-bond acceptors (Lipinski definition) is 5. The van der Waals surface area contributed by atoms with Gasteiger partial charge in [0.15, 0.2) is 0 Å². The molecule has 8 heteroatoms. The summed E-state index contributed by atoms with van der Waals surface area (Å²) < 4.78 is 36.0. The van der Waals surface area contributed by atoms with E-state index in [2.05, 4.69) is 5.32 Å². The van der Waals surface area contributed by atoms with Gasteiger partial charge >= 0.3 is 6.09 Å². The third-order valence-corrected chi connectivity index (χ3v) is 5.86. The molecule has 26 heavy (non-hydrogen) atoms. The van der Waals surface area contributed by atoms with Crippen LogP contribution in [0.5, 0.6) is 5.75 Å². The van der Waals surface area contributed by atoms with Crippen molar-refractivity contribution in [1.29, 1.82) is 0 Å². The molecular formula is C18H20N2O5S. The molecule has 1 fully saturated rings. The largest absolute Gasteiger partial charge is 0.494 e. The fraction of sp³-hybridized carbons (Fsp3) is 0.278. The highest BCUT2D eigenvalue weighted by Crippen LogP contribution is 2.35. The number of nitrogens with one attached hydrogen (secondary N) is 1. The van der Waals surface area contributed by atoms with Crippen molar-refractivity contribution in [3.05, 3.63) is 54.1 Å². The Hall–Kier alpha value is -2.74. The summed E-state index contributed by atoms with van der Waals surface area (Å²) in [7, 11) is -1.85. The number of benzene rings is 2. The first-order valence-corrected chi connectivity index (χ1v) is 9.77. The van der Waals surface area contributed by atoms with E-state index in [-0.39, 0.29) is 12.4 Å². The Morgan fingerprint density at radius 3 is 2.62 bits per heavy atom. The van der Waals surface area contributed by atoms with Gasteiger partial charge in [0.05, 0.1) is 18.6 Å². The van der Waals surface area contributed by atoms with Crippen molar-refractivity contribution in [3.63, 3.8) is 0 Å². The lowest BCUT2D eigenvalue weighted by Crippen LogP contribution is -2.25. The molecule has 1 heterocycles. The predicted octanol–water partition coefficient (Wildman–Crippen LogP) is 2.98. The third-order valence-electron chi connectivity index (χ3n) is 4.01. The van der Waals surface area contributed by atoms with Gasteiger partial charge in [0.25, 0.3) is 0 Å². The molecule has 1 N–H and O–H groups in total. The van der Waals surface area contributed by atoms with Gasteiger partial charge in [0.2, 0.25) is 10.0 Å². The minimum absolute atomic E-state index is 0.127. The number of carbonyl (C=O) groups excluding carboxylic acids is 1. The van der Waals surface area contributed by atoms with E-state index in [1.165, 1.54) is 11.4 Å². The predicted molar refractivity (Wildman–Crippen MR) is 99.0 cm³/mol. The summed E-state index contributed by atoms with van der Waals surface area (Å²) in [5, 5.41) is 2.62. The maximum absolute atomic E-state index is 12.1. The molecule has 2 aromatic rings. The molecule has 1 amide bonds. The van der Waals surface area contributed by atoms with Crippen LogP contribution in [0.15, 0.2) is 48.5 Å². The Kier molecular flexibility index (Phi) is 5.32. The second-order valence-electron chi connectivity index (χ2n) is 5.82. The van der Waals surface area contributed by atoms with Gasteiger partial charge < -0.3 is 9.47 Å². The number of rotatable bonds is 5. The number of carbonyl (C=O) groups is 1. The summed E-state index contributed by atoms with van der Waals surface area (Å²) in [5.74, 6) is 0.499. The minimum atomic E-state index is -3.31. The van der Waals surface area contributed by atoms with Crippen LogP contribution in [0.3, 0.4) is 0 Å². The first-order valence-electron chi connectivity index (χ1n) is 8.16. The van der Waals surface area contributed by atoms with Gasteiger partial charge in [0.1, 0.15) is 12.4 Å². The lowest BCUT2D eigenvalue weighted by atomic mass is 10.2. The summed E-state index contributed by atoms with van der Waals surface area (Å²) in [6, 6.07) is 14.2. The number of ether oxygens (including phenoxy) is 2. The number of hydrogen-bond donors (Lipinski definition) is 1. The number of methoxy groups -OCH3 is 1. The highest BCUT2D eigenvalue weighted by molar-refractivity contribution is 7.93. The maximum atomic E-state index is 12.1. The van der Waals surface area contributed by atoms with Crippen molar-refractivity contribution in [2.75, 3.05) is 29.0 Å². The molecule has 0 aromatic heterocycles. The molecule has 0 bridgehead atoms. The van der Waals surface area contributed by atoms with Crippen LogP contribution in [0.1, 0.15) is 12.0 Å². The maximum Gasteiger partial charge on any atom is 0.411 e. The quantitative estimate of drug-likeness (QED) is 0.867. The summed E-state index contributed by atoms with van der Waals surface area (Å²) in [6.07, 6.45) is -0.0189. The zero-order chi connectivity index (χ0) is 18.6. The van der Waals surface area contributed by atoms with Crippen molar-refractivity contribution < 1.29 is 22.7 Å². The normalized spacial score (nSPS) is 15.5. The molecule has 0 unspecified atom stereocenters. The monoisotopic (exact) mass is 376 g/mol. The number of sulfonamides is 1. The summed E-state index contributed by atoms with van der Waals surface area (Å²) >= 11 is 0. The van der Waals surface area contributed by atoms with Crippen LogP contribution in [-0.4, -0.2) is 33.9 Å². The average molecular weight is 376 g/mol. The number of amides is 1. The van der Waals surface area contributed by atoms with Crippen LogP contribution >= 0.6 is 0 Å². The summed E-state index contributed by atoms with van der Waals surface area (Å²) in [6.45, 7) is 0.582. The summed E-state index contributed by atoms with van der Waals surface area (Å²) in [5.41, 5.74) is 1.81. The first-order chi connectivity index (χ1) is 12.5. The lowest BCUT2D eigenvalue weighted by Gasteiger charge is -2.20. The van der Waals surface area contributed by atoms with Gasteiger partial charge in [-0.3, -0.25) is 9.62 Å². The third kappa shape index (κ3) is 4.08. The second kappa shape index (κ2) is 7.65. The molecule has 0 aliphatic carbocycles. The molecule has 3 rings (SSSR count). The zero-order valence-electron chi connectivity index (χ0n) is 14.3. The highest BCUT2D eigenvalue weighted by Gasteiger charge is 2.30. The zero-order valence-corrected chi connectivity index (χ0v) is 15.2. The Balaban J connectivity index is 1.68. The van der Waals surface area contributed by atoms with E-state index in [9.17, 15) is 13.2 Å². The highest BCUT2D eigenvalue weighted by atomic mass is 32.2. The van der Waals surface area contributed by atoms with E-state index in [4.69, 9.17) is 9.47 Å². The fourth-order valence-corrected chi connectivity index (χ4v) is 4.32. The Morgan fingerprint density at radius 2 is 1.96 bits per heavy atom. The lowest BCUT2D eigenvalue weighted by molar-refractivity contribution is 0.155. The molecule has 138 valence electrons. The van der Waals surface area contributed by atoms with Crippen LogP contribution in [-0.2, 0) is 21.4 Å². The topological polar surface area (TPSA) is 84.9 Å². The Morgan fingerprint density at radius 1 is 1.19 bits per heavy atom. The molecule has 1 aliphatic heterocycles. The van der Waals surface area contributed by atoms with Crippen molar-refractivity contribution in [2.45, 2.75) is 13.0 Å². The van der Waals surface area contributed by atoms with Gasteiger partial charge in [-0.25, -0.2) is 13.2 Å². The smallest absolute Gasteiger partial charge is 0.411 e. The van der Waals surface area contributed by atoms with E-state index >= 15 is 0 Å². The molecule has 1 aliphatic rings. The molecular weight excluding hydrogens is 356 g/mol. The van der Waals surface area contributed by atoms with Crippen LogP contribution in [0.2, 0.25) is 0 Å². The van der Waals surface area contributed by atoms with E-state index in [1.54, 1.807) is 18.2 Å². The summed E-state index contributed by atoms with van der Waals surface area (Å²) in [4.78, 5) is 11.9. The van der Waals surface area contributed by atoms with Gasteiger partial charge in [0, 0.05) is 18.3 Å². The van der Waals surface area contributed by atoms with Gasteiger partial charge in [-0.15, -0.1) is 0 Å². The number of nitrogens with zero attached hydrogens (tertiary/aromatic N) is 1. The van der Waals surface area contributed by atoms with Crippen LogP contribution in [0.4, 0.5) is 16.2 Å². The Labute approximate surface area is 152 Å². The van der Waals surface area contributed by atoms with E-state index < -0.39 is 16.1 Å². The molecule has 7 nitrogen and oxygen atoms in total. The van der Waals surface area contributed by atoms with Crippen molar-refractivity contribution in [1.82, 2.24) is 0 Å². The second-order valence-corrected chi connectivity index (χ2v) is 7.83. The van der Waals surface area contributed by atoms with E-state index in [0.29, 0.717) is 30.1 Å². The van der Waals surface area contributed by atoms with Crippen LogP contribution in [0.25, 0.3) is 0 Å². The van der Waals surface area contributed by atoms with Gasteiger partial charge in [-0.1, -0.05) is 30.3 Å². The van der Waals surface area contributed by atoms with Gasteiger partial charge in [-0.2, -0.15) is 0 Å². The van der Waals surface area contributed by atoms with Crippen molar-refractivity contribution >= 4 is 27.5 Å². The van der Waals surface area contributed by atoms with E-state index in [1.807, 2.05) is 30.3 Å². The average Bonchev–Trinajstić information content (AvgIpc) is 2.99. The first kappa shape index (κ1) is 18.1. The van der Waals surface area contributed by atoms with Crippen LogP contribution < -0.4 is 14.4 Å². The standard InChI is InChI=1S/C18H20N2O5S/c1-24-17-12-15(8-9-16(17)20-10-5-11-26(20,22)23)19-18(21)25-13-14-6-3-2-4-7-14/h2-4,6-9,12H,5,10-11,13H2,1H3,(H,19,21). The SMILES string of the molecule is COc1cc(NC(=O)OCc2ccccc2)ccc1N1CCCS1(=O)=O. The fourth-order valence-electron chi connectivity index (χ4n) is 2.75. The molecule has 2 aromatic carbocycles. The molecule has 0 spiro atoms. The van der Waals surface area contributed by atoms with E-state index in [0.717, 1.165) is 5.56 Å². The number of anilines is 2. The molecule has 1 saturated heterocycles. The molecule has 0 saturated carbocycles. The van der Waals surface area contributed by atoms with Crippen molar-refractivity contribution in [3.8, 4) is 5.75 Å².